The van der Waals surface area contributed by atoms with Gasteiger partial charge >= 0.3 is 5.97 Å². The van der Waals surface area contributed by atoms with Crippen LogP contribution in [0.15, 0.2) is 6.07 Å². The number of amides is 1. The molecule has 2 rings (SSSR count). The number of nitrogens with one attached hydrogen (secondary N) is 2. The molecular formula is C15H22N2O3S. The second-order valence-electron chi connectivity index (χ2n) is 5.35. The molecule has 1 atom stereocenters. The monoisotopic (exact) mass is 310 g/mol. The van der Waals surface area contributed by atoms with Gasteiger partial charge in [-0.2, -0.15) is 0 Å². The van der Waals surface area contributed by atoms with Crippen LogP contribution in [0.2, 0.25) is 0 Å². The van der Waals surface area contributed by atoms with Crippen LogP contribution in [-0.2, 0) is 16.0 Å². The number of carbonyl (C=O) groups excluding carboxylic acids is 2. The number of ether oxygens (including phenoxy) is 1. The molecule has 1 aliphatic heterocycles. The van der Waals surface area contributed by atoms with Crippen molar-refractivity contribution in [1.29, 1.82) is 0 Å². The van der Waals surface area contributed by atoms with E-state index < -0.39 is 5.54 Å². The summed E-state index contributed by atoms with van der Waals surface area (Å²) < 4.78 is 5.06. The molecule has 1 saturated heterocycles. The van der Waals surface area contributed by atoms with Crippen molar-refractivity contribution in [1.82, 2.24) is 5.32 Å². The molecule has 0 aromatic carbocycles. The molecule has 0 radical (unpaired) electrons. The maximum Gasteiger partial charge on any atom is 0.341 e. The quantitative estimate of drug-likeness (QED) is 0.820. The lowest BCUT2D eigenvalue weighted by Gasteiger charge is -2.22. The third-order valence-electron chi connectivity index (χ3n) is 3.72. The van der Waals surface area contributed by atoms with Crippen LogP contribution in [0.3, 0.4) is 0 Å². The Kier molecular flexibility index (Phi) is 5.00. The molecule has 116 valence electrons. The highest BCUT2D eigenvalue weighted by atomic mass is 32.1. The van der Waals surface area contributed by atoms with E-state index in [0.717, 1.165) is 30.7 Å². The molecule has 1 aromatic heterocycles. The standard InChI is InChI=1S/C15H22N2O3S/c1-4-10-9-11(13(18)20-5-2)12(21-10)17-14(19)15(3)7-6-8-16-15/h9,16H,4-8H2,1-3H3,(H,17,19). The number of aryl methyl sites for hydroxylation is 1. The van der Waals surface area contributed by atoms with Gasteiger partial charge in [0.2, 0.25) is 5.91 Å². The van der Waals surface area contributed by atoms with Crippen molar-refractivity contribution in [2.24, 2.45) is 0 Å². The van der Waals surface area contributed by atoms with E-state index in [1.165, 1.54) is 11.3 Å². The largest absolute Gasteiger partial charge is 0.462 e. The van der Waals surface area contributed by atoms with Gasteiger partial charge in [-0.15, -0.1) is 11.3 Å². The van der Waals surface area contributed by atoms with E-state index in [-0.39, 0.29) is 11.9 Å². The first kappa shape index (κ1) is 16.0. The number of hydrogen-bond acceptors (Lipinski definition) is 5. The fourth-order valence-corrected chi connectivity index (χ4v) is 3.38. The lowest BCUT2D eigenvalue weighted by Crippen LogP contribution is -2.48. The molecule has 1 amide bonds. The molecule has 0 aliphatic carbocycles. The summed E-state index contributed by atoms with van der Waals surface area (Å²) in [5, 5.41) is 6.72. The summed E-state index contributed by atoms with van der Waals surface area (Å²) in [6.45, 7) is 6.86. The summed E-state index contributed by atoms with van der Waals surface area (Å²) in [5.74, 6) is -0.469. The Bertz CT molecular complexity index is 533. The van der Waals surface area contributed by atoms with E-state index in [0.29, 0.717) is 17.2 Å². The molecule has 1 unspecified atom stereocenters. The predicted molar refractivity (Wildman–Crippen MR) is 83.9 cm³/mol. The first-order chi connectivity index (χ1) is 10.00. The summed E-state index contributed by atoms with van der Waals surface area (Å²) in [6.07, 6.45) is 2.61. The minimum Gasteiger partial charge on any atom is -0.462 e. The SMILES string of the molecule is CCOC(=O)c1cc(CC)sc1NC(=O)C1(C)CCCN1. The first-order valence-corrected chi connectivity index (χ1v) is 8.18. The van der Waals surface area contributed by atoms with E-state index in [1.807, 2.05) is 19.9 Å². The zero-order valence-electron chi connectivity index (χ0n) is 12.7. The van der Waals surface area contributed by atoms with Gasteiger partial charge in [-0.3, -0.25) is 4.79 Å². The van der Waals surface area contributed by atoms with E-state index >= 15 is 0 Å². The van der Waals surface area contributed by atoms with Gasteiger partial charge in [0, 0.05) is 4.88 Å². The van der Waals surface area contributed by atoms with Crippen LogP contribution >= 0.6 is 11.3 Å². The Morgan fingerprint density at radius 1 is 1.48 bits per heavy atom. The number of anilines is 1. The molecule has 5 nitrogen and oxygen atoms in total. The number of hydrogen-bond donors (Lipinski definition) is 2. The van der Waals surface area contributed by atoms with Crippen molar-refractivity contribution in [2.45, 2.75) is 45.6 Å². The first-order valence-electron chi connectivity index (χ1n) is 7.36. The molecule has 1 fully saturated rings. The third kappa shape index (κ3) is 3.44. The molecule has 1 aliphatic rings. The lowest BCUT2D eigenvalue weighted by molar-refractivity contribution is -0.121. The van der Waals surface area contributed by atoms with Crippen LogP contribution in [0.1, 0.15) is 48.8 Å². The van der Waals surface area contributed by atoms with Gasteiger partial charge in [-0.1, -0.05) is 6.92 Å². The van der Waals surface area contributed by atoms with E-state index in [2.05, 4.69) is 10.6 Å². The molecule has 2 heterocycles. The Morgan fingerprint density at radius 3 is 2.81 bits per heavy atom. The van der Waals surface area contributed by atoms with Crippen LogP contribution < -0.4 is 10.6 Å². The smallest absolute Gasteiger partial charge is 0.341 e. The Hall–Kier alpha value is -1.40. The predicted octanol–water partition coefficient (Wildman–Crippen LogP) is 2.57. The second-order valence-corrected chi connectivity index (χ2v) is 6.48. The van der Waals surface area contributed by atoms with Gasteiger partial charge in [0.25, 0.3) is 0 Å². The molecule has 0 spiro atoms. The highest BCUT2D eigenvalue weighted by molar-refractivity contribution is 7.16. The number of esters is 1. The maximum atomic E-state index is 12.4. The summed E-state index contributed by atoms with van der Waals surface area (Å²) >= 11 is 1.44. The number of thiophene rings is 1. The van der Waals surface area contributed by atoms with Crippen LogP contribution in [-0.4, -0.2) is 30.6 Å². The lowest BCUT2D eigenvalue weighted by atomic mass is 9.99. The Balaban J connectivity index is 2.20. The average molecular weight is 310 g/mol. The van der Waals surface area contributed by atoms with Crippen molar-refractivity contribution < 1.29 is 14.3 Å². The average Bonchev–Trinajstić information content (AvgIpc) is 3.06. The molecule has 0 bridgehead atoms. The fraction of sp³-hybridized carbons (Fsp3) is 0.600. The molecule has 0 saturated carbocycles. The number of carbonyl (C=O) groups is 2. The minimum atomic E-state index is -0.553. The molecule has 21 heavy (non-hydrogen) atoms. The van der Waals surface area contributed by atoms with Crippen molar-refractivity contribution in [3.63, 3.8) is 0 Å². The van der Waals surface area contributed by atoms with Gasteiger partial charge in [0.05, 0.1) is 17.7 Å². The summed E-state index contributed by atoms with van der Waals surface area (Å²) in [5.41, 5.74) is -0.101. The van der Waals surface area contributed by atoms with Crippen molar-refractivity contribution in [3.8, 4) is 0 Å². The Morgan fingerprint density at radius 2 is 2.24 bits per heavy atom. The number of rotatable bonds is 5. The van der Waals surface area contributed by atoms with Gasteiger partial charge in [-0.05, 0) is 45.7 Å². The minimum absolute atomic E-state index is 0.0879. The molecular weight excluding hydrogens is 288 g/mol. The van der Waals surface area contributed by atoms with Crippen molar-refractivity contribution >= 4 is 28.2 Å². The normalized spacial score (nSPS) is 21.3. The fourth-order valence-electron chi connectivity index (χ4n) is 2.40. The molecule has 2 N–H and O–H groups in total. The zero-order chi connectivity index (χ0) is 15.5. The Labute approximate surface area is 129 Å². The van der Waals surface area contributed by atoms with Crippen LogP contribution in [0, 0.1) is 0 Å². The zero-order valence-corrected chi connectivity index (χ0v) is 13.6. The van der Waals surface area contributed by atoms with E-state index in [4.69, 9.17) is 4.74 Å². The topological polar surface area (TPSA) is 67.4 Å². The van der Waals surface area contributed by atoms with Gasteiger partial charge in [0.15, 0.2) is 0 Å². The van der Waals surface area contributed by atoms with Crippen LogP contribution in [0.4, 0.5) is 5.00 Å². The van der Waals surface area contributed by atoms with E-state index in [9.17, 15) is 9.59 Å². The summed E-state index contributed by atoms with van der Waals surface area (Å²) in [4.78, 5) is 25.5. The van der Waals surface area contributed by atoms with E-state index in [1.54, 1.807) is 6.92 Å². The van der Waals surface area contributed by atoms with Gasteiger partial charge < -0.3 is 15.4 Å². The van der Waals surface area contributed by atoms with Crippen LogP contribution in [0.25, 0.3) is 0 Å². The second kappa shape index (κ2) is 6.58. The van der Waals surface area contributed by atoms with Gasteiger partial charge in [0.1, 0.15) is 5.00 Å². The van der Waals surface area contributed by atoms with Crippen molar-refractivity contribution in [2.75, 3.05) is 18.5 Å². The third-order valence-corrected chi connectivity index (χ3v) is 4.92. The molecule has 6 heteroatoms. The summed E-state index contributed by atoms with van der Waals surface area (Å²) in [6, 6.07) is 1.81. The summed E-state index contributed by atoms with van der Waals surface area (Å²) in [7, 11) is 0. The highest BCUT2D eigenvalue weighted by Gasteiger charge is 2.36. The van der Waals surface area contributed by atoms with Crippen molar-refractivity contribution in [3.05, 3.63) is 16.5 Å². The van der Waals surface area contributed by atoms with Crippen LogP contribution in [0.5, 0.6) is 0 Å². The molecule has 1 aromatic rings. The maximum absolute atomic E-state index is 12.4. The van der Waals surface area contributed by atoms with Gasteiger partial charge in [-0.25, -0.2) is 4.79 Å². The highest BCUT2D eigenvalue weighted by Crippen LogP contribution is 2.31.